The number of halogens is 3. The number of hydrogen-bond acceptors (Lipinski definition) is 3. The van der Waals surface area contributed by atoms with Gasteiger partial charge < -0.3 is 5.32 Å². The van der Waals surface area contributed by atoms with Gasteiger partial charge in [-0.2, -0.15) is 13.2 Å². The summed E-state index contributed by atoms with van der Waals surface area (Å²) in [6.07, 6.45) is -5.21. The lowest BCUT2D eigenvalue weighted by Gasteiger charge is -2.08. The van der Waals surface area contributed by atoms with Crippen LogP contribution in [0.15, 0.2) is 24.3 Å². The number of nitro benzene ring substituents is 1. The number of rotatable bonds is 5. The highest BCUT2D eigenvalue weighted by Gasteiger charge is 2.26. The molecule has 0 radical (unpaired) electrons. The van der Waals surface area contributed by atoms with E-state index < -0.39 is 17.5 Å². The van der Waals surface area contributed by atoms with Crippen molar-refractivity contribution in [1.29, 1.82) is 0 Å². The Bertz CT molecular complexity index is 393. The van der Waals surface area contributed by atoms with Gasteiger partial charge in [-0.3, -0.25) is 10.1 Å². The molecule has 0 spiro atoms. The first-order valence-electron chi connectivity index (χ1n) is 4.94. The maximum Gasteiger partial charge on any atom is 0.389 e. The fourth-order valence-corrected chi connectivity index (χ4v) is 1.29. The first-order valence-corrected chi connectivity index (χ1v) is 4.94. The van der Waals surface area contributed by atoms with E-state index in [2.05, 4.69) is 5.32 Å². The Morgan fingerprint density at radius 3 is 2.53 bits per heavy atom. The summed E-state index contributed by atoms with van der Waals surface area (Å²) >= 11 is 0. The fourth-order valence-electron chi connectivity index (χ4n) is 1.29. The summed E-state index contributed by atoms with van der Waals surface area (Å²) in [5.74, 6) is 0. The van der Waals surface area contributed by atoms with Crippen LogP contribution in [0.1, 0.15) is 12.8 Å². The molecule has 94 valence electrons. The van der Waals surface area contributed by atoms with Crippen LogP contribution in [0.2, 0.25) is 0 Å². The molecule has 0 aliphatic heterocycles. The quantitative estimate of drug-likeness (QED) is 0.494. The number of para-hydroxylation sites is 2. The molecule has 4 nitrogen and oxygen atoms in total. The third-order valence-electron chi connectivity index (χ3n) is 2.05. The van der Waals surface area contributed by atoms with Gasteiger partial charge in [0.2, 0.25) is 0 Å². The van der Waals surface area contributed by atoms with Crippen molar-refractivity contribution in [1.82, 2.24) is 0 Å². The van der Waals surface area contributed by atoms with Gasteiger partial charge >= 0.3 is 6.18 Å². The maximum atomic E-state index is 11.9. The molecule has 0 saturated heterocycles. The Labute approximate surface area is 95.6 Å². The van der Waals surface area contributed by atoms with Crippen LogP contribution in [0.5, 0.6) is 0 Å². The van der Waals surface area contributed by atoms with E-state index >= 15 is 0 Å². The maximum absolute atomic E-state index is 11.9. The minimum atomic E-state index is -4.19. The van der Waals surface area contributed by atoms with Crippen LogP contribution in [0.4, 0.5) is 24.5 Å². The topological polar surface area (TPSA) is 55.2 Å². The standard InChI is InChI=1S/C10H11F3N2O2/c11-10(12,13)6-3-7-14-8-4-1-2-5-9(8)15(16)17/h1-2,4-5,14H,3,6-7H2. The predicted octanol–water partition coefficient (Wildman–Crippen LogP) is 3.35. The lowest BCUT2D eigenvalue weighted by molar-refractivity contribution is -0.384. The summed E-state index contributed by atoms with van der Waals surface area (Å²) in [6.45, 7) is 0.0460. The third kappa shape index (κ3) is 4.71. The van der Waals surface area contributed by atoms with Gasteiger partial charge in [-0.1, -0.05) is 12.1 Å². The molecule has 1 aromatic rings. The van der Waals surface area contributed by atoms with Gasteiger partial charge in [0.15, 0.2) is 0 Å². The van der Waals surface area contributed by atoms with Crippen LogP contribution >= 0.6 is 0 Å². The molecule has 1 aromatic carbocycles. The van der Waals surface area contributed by atoms with E-state index in [9.17, 15) is 23.3 Å². The largest absolute Gasteiger partial charge is 0.389 e. The molecule has 1 rings (SSSR count). The number of alkyl halides is 3. The third-order valence-corrected chi connectivity index (χ3v) is 2.05. The Balaban J connectivity index is 2.49. The molecule has 0 heterocycles. The van der Waals surface area contributed by atoms with Gasteiger partial charge in [0.05, 0.1) is 4.92 Å². The Morgan fingerprint density at radius 2 is 1.94 bits per heavy atom. The van der Waals surface area contributed by atoms with Gasteiger partial charge in [-0.25, -0.2) is 0 Å². The highest BCUT2D eigenvalue weighted by atomic mass is 19.4. The molecular weight excluding hydrogens is 237 g/mol. The molecule has 0 fully saturated rings. The molecule has 0 aromatic heterocycles. The Kier molecular flexibility index (Phi) is 4.30. The molecule has 0 atom stereocenters. The van der Waals surface area contributed by atoms with Crippen LogP contribution in [-0.4, -0.2) is 17.6 Å². The first-order chi connectivity index (χ1) is 7.90. The second-order valence-electron chi connectivity index (χ2n) is 3.42. The summed E-state index contributed by atoms with van der Waals surface area (Å²) in [5.41, 5.74) is 0.0965. The van der Waals surface area contributed by atoms with Gasteiger partial charge in [0.25, 0.3) is 5.69 Å². The average molecular weight is 248 g/mol. The zero-order valence-corrected chi connectivity index (χ0v) is 8.83. The van der Waals surface area contributed by atoms with E-state index in [1.54, 1.807) is 6.07 Å². The first kappa shape index (κ1) is 13.3. The number of nitro groups is 1. The second kappa shape index (κ2) is 5.51. The van der Waals surface area contributed by atoms with E-state index in [0.717, 1.165) is 0 Å². The van der Waals surface area contributed by atoms with Crippen LogP contribution in [0.25, 0.3) is 0 Å². The average Bonchev–Trinajstić information content (AvgIpc) is 2.23. The monoisotopic (exact) mass is 248 g/mol. The van der Waals surface area contributed by atoms with E-state index in [1.165, 1.54) is 18.2 Å². The zero-order chi connectivity index (χ0) is 12.9. The van der Waals surface area contributed by atoms with Crippen LogP contribution < -0.4 is 5.32 Å². The smallest absolute Gasteiger partial charge is 0.379 e. The van der Waals surface area contributed by atoms with Gasteiger partial charge in [-0.05, 0) is 12.5 Å². The van der Waals surface area contributed by atoms with Crippen LogP contribution in [-0.2, 0) is 0 Å². The number of hydrogen-bond donors (Lipinski definition) is 1. The van der Waals surface area contributed by atoms with Gasteiger partial charge in [-0.15, -0.1) is 0 Å². The molecule has 1 N–H and O–H groups in total. The van der Waals surface area contributed by atoms with Crippen molar-refractivity contribution in [2.24, 2.45) is 0 Å². The summed E-state index contributed by atoms with van der Waals surface area (Å²) in [6, 6.07) is 5.84. The minimum absolute atomic E-state index is 0.0460. The number of benzene rings is 1. The van der Waals surface area contributed by atoms with Crippen molar-refractivity contribution >= 4 is 11.4 Å². The minimum Gasteiger partial charge on any atom is -0.379 e. The van der Waals surface area contributed by atoms with Crippen molar-refractivity contribution in [2.75, 3.05) is 11.9 Å². The van der Waals surface area contributed by atoms with E-state index in [-0.39, 0.29) is 24.3 Å². The molecule has 0 bridgehead atoms. The molecule has 0 amide bonds. The molecule has 0 aliphatic rings. The predicted molar refractivity (Wildman–Crippen MR) is 56.9 cm³/mol. The van der Waals surface area contributed by atoms with Crippen molar-refractivity contribution < 1.29 is 18.1 Å². The number of nitrogens with zero attached hydrogens (tertiary/aromatic N) is 1. The lowest BCUT2D eigenvalue weighted by Crippen LogP contribution is -2.11. The number of nitrogens with one attached hydrogen (secondary N) is 1. The summed E-state index contributed by atoms with van der Waals surface area (Å²) < 4.78 is 35.6. The molecule has 17 heavy (non-hydrogen) atoms. The SMILES string of the molecule is O=[N+]([O-])c1ccccc1NCCCC(F)(F)F. The van der Waals surface area contributed by atoms with E-state index in [0.29, 0.717) is 0 Å². The normalized spacial score (nSPS) is 11.2. The van der Waals surface area contributed by atoms with E-state index in [4.69, 9.17) is 0 Å². The second-order valence-corrected chi connectivity index (χ2v) is 3.42. The molecule has 0 unspecified atom stereocenters. The van der Waals surface area contributed by atoms with Gasteiger partial charge in [0, 0.05) is 19.0 Å². The summed E-state index contributed by atoms with van der Waals surface area (Å²) in [4.78, 5) is 10.0. The Hall–Kier alpha value is -1.79. The summed E-state index contributed by atoms with van der Waals surface area (Å²) in [5, 5.41) is 13.2. The molecule has 0 saturated carbocycles. The van der Waals surface area contributed by atoms with Gasteiger partial charge in [0.1, 0.15) is 5.69 Å². The summed E-state index contributed by atoms with van der Waals surface area (Å²) in [7, 11) is 0. The van der Waals surface area contributed by atoms with Crippen molar-refractivity contribution in [3.05, 3.63) is 34.4 Å². The molecule has 7 heteroatoms. The molecule has 0 aliphatic carbocycles. The fraction of sp³-hybridized carbons (Fsp3) is 0.400. The Morgan fingerprint density at radius 1 is 1.29 bits per heavy atom. The number of anilines is 1. The molecular formula is C10H11F3N2O2. The van der Waals surface area contributed by atoms with Crippen molar-refractivity contribution in [3.8, 4) is 0 Å². The van der Waals surface area contributed by atoms with Crippen molar-refractivity contribution in [2.45, 2.75) is 19.0 Å². The van der Waals surface area contributed by atoms with Crippen LogP contribution in [0, 0.1) is 10.1 Å². The highest BCUT2D eigenvalue weighted by molar-refractivity contribution is 5.60. The van der Waals surface area contributed by atoms with E-state index in [1.807, 2.05) is 0 Å². The van der Waals surface area contributed by atoms with Crippen LogP contribution in [0.3, 0.4) is 0 Å². The zero-order valence-electron chi connectivity index (χ0n) is 8.83. The highest BCUT2D eigenvalue weighted by Crippen LogP contribution is 2.24. The van der Waals surface area contributed by atoms with Crippen molar-refractivity contribution in [3.63, 3.8) is 0 Å². The lowest BCUT2D eigenvalue weighted by atomic mass is 10.2.